The zero-order chi connectivity index (χ0) is 19.1. The molecule has 1 aromatic carbocycles. The Morgan fingerprint density at radius 3 is 2.81 bits per heavy atom. The molecule has 0 bridgehead atoms. The van der Waals surface area contributed by atoms with Crippen molar-refractivity contribution in [3.63, 3.8) is 0 Å². The van der Waals surface area contributed by atoms with E-state index < -0.39 is 6.09 Å². The van der Waals surface area contributed by atoms with E-state index in [1.165, 1.54) is 11.3 Å². The molecule has 0 radical (unpaired) electrons. The van der Waals surface area contributed by atoms with Crippen LogP contribution in [0.5, 0.6) is 0 Å². The van der Waals surface area contributed by atoms with Crippen molar-refractivity contribution < 1.29 is 18.8 Å². The van der Waals surface area contributed by atoms with Gasteiger partial charge in [0.05, 0.1) is 25.3 Å². The zero-order valence-electron chi connectivity index (χ0n) is 14.5. The fraction of sp³-hybridized carbons (Fsp3) is 0.235. The summed E-state index contributed by atoms with van der Waals surface area (Å²) in [5.74, 6) is 0.529. The maximum Gasteiger partial charge on any atom is 0.413 e. The Morgan fingerprint density at radius 1 is 1.22 bits per heavy atom. The fourth-order valence-corrected chi connectivity index (χ4v) is 2.83. The number of carbonyl (C=O) groups is 2. The Bertz CT molecular complexity index is 909. The Morgan fingerprint density at radius 2 is 2.04 bits per heavy atom. The summed E-state index contributed by atoms with van der Waals surface area (Å²) in [7, 11) is 0. The lowest BCUT2D eigenvalue weighted by Gasteiger charge is -2.01. The summed E-state index contributed by atoms with van der Waals surface area (Å²) in [6, 6.07) is 9.41. The smallest absolute Gasteiger partial charge is 0.413 e. The molecule has 0 fully saturated rings. The van der Waals surface area contributed by atoms with Gasteiger partial charge in [-0.1, -0.05) is 35.5 Å². The molecule has 0 saturated heterocycles. The average molecular weight is 387 g/mol. The van der Waals surface area contributed by atoms with Gasteiger partial charge < -0.3 is 14.6 Å². The largest absolute Gasteiger partial charge is 0.450 e. The Balaban J connectivity index is 1.48. The maximum atomic E-state index is 12.0. The molecule has 2 heterocycles. The summed E-state index contributed by atoms with van der Waals surface area (Å²) in [4.78, 5) is 31.8. The molecule has 3 rings (SSSR count). The van der Waals surface area contributed by atoms with Crippen LogP contribution >= 0.6 is 11.3 Å². The second-order valence-electron chi connectivity index (χ2n) is 5.32. The van der Waals surface area contributed by atoms with Crippen molar-refractivity contribution in [3.8, 4) is 11.4 Å². The number of carbonyl (C=O) groups excluding carboxylic acids is 2. The van der Waals surface area contributed by atoms with Crippen molar-refractivity contribution in [1.82, 2.24) is 20.4 Å². The molecule has 0 saturated carbocycles. The van der Waals surface area contributed by atoms with Crippen LogP contribution in [0.15, 0.2) is 40.2 Å². The van der Waals surface area contributed by atoms with Gasteiger partial charge in [0.15, 0.2) is 5.13 Å². The van der Waals surface area contributed by atoms with Crippen LogP contribution in [0.4, 0.5) is 9.93 Å². The van der Waals surface area contributed by atoms with Crippen LogP contribution in [0.2, 0.25) is 0 Å². The number of aromatic nitrogens is 3. The van der Waals surface area contributed by atoms with E-state index in [1.54, 1.807) is 12.3 Å². The molecule has 2 amide bonds. The fourth-order valence-electron chi connectivity index (χ4n) is 2.13. The van der Waals surface area contributed by atoms with Crippen molar-refractivity contribution in [2.75, 3.05) is 11.9 Å². The van der Waals surface area contributed by atoms with Crippen LogP contribution in [0.1, 0.15) is 18.5 Å². The van der Waals surface area contributed by atoms with Crippen molar-refractivity contribution >= 4 is 28.5 Å². The number of benzene rings is 1. The monoisotopic (exact) mass is 387 g/mol. The van der Waals surface area contributed by atoms with Crippen LogP contribution in [0.3, 0.4) is 0 Å². The van der Waals surface area contributed by atoms with Crippen molar-refractivity contribution in [1.29, 1.82) is 0 Å². The number of hydrogen-bond donors (Lipinski definition) is 2. The number of rotatable bonds is 7. The molecular weight excluding hydrogens is 370 g/mol. The van der Waals surface area contributed by atoms with Crippen molar-refractivity contribution in [3.05, 3.63) is 47.3 Å². The first-order valence-electron chi connectivity index (χ1n) is 8.17. The predicted molar refractivity (Wildman–Crippen MR) is 98.0 cm³/mol. The van der Waals surface area contributed by atoms with Gasteiger partial charge in [-0.15, -0.1) is 11.3 Å². The quantitative estimate of drug-likeness (QED) is 0.639. The standard InChI is InChI=1S/C17H17N5O4S/c1-2-25-17(24)21-16-19-12(10-27-16)8-13(23)18-9-14-20-15(22-26-14)11-6-4-3-5-7-11/h3-7,10H,2,8-9H2,1H3,(H,18,23)(H,19,21,24). The number of anilines is 1. The molecule has 0 aliphatic heterocycles. The van der Waals surface area contributed by atoms with Gasteiger partial charge in [-0.05, 0) is 6.92 Å². The zero-order valence-corrected chi connectivity index (χ0v) is 15.3. The van der Waals surface area contributed by atoms with Crippen LogP contribution in [0.25, 0.3) is 11.4 Å². The highest BCUT2D eigenvalue weighted by atomic mass is 32.1. The molecule has 2 aromatic heterocycles. The highest BCUT2D eigenvalue weighted by molar-refractivity contribution is 7.13. The summed E-state index contributed by atoms with van der Waals surface area (Å²) >= 11 is 1.22. The third-order valence-electron chi connectivity index (χ3n) is 3.31. The summed E-state index contributed by atoms with van der Waals surface area (Å²) < 4.78 is 9.91. The summed E-state index contributed by atoms with van der Waals surface area (Å²) in [6.07, 6.45) is -0.505. The Hall–Kier alpha value is -3.27. The van der Waals surface area contributed by atoms with Gasteiger partial charge in [-0.25, -0.2) is 9.78 Å². The first kappa shape index (κ1) is 18.5. The lowest BCUT2D eigenvalue weighted by atomic mass is 10.2. The molecule has 140 valence electrons. The van der Waals surface area contributed by atoms with Crippen molar-refractivity contribution in [2.45, 2.75) is 19.9 Å². The third kappa shape index (κ3) is 5.35. The minimum Gasteiger partial charge on any atom is -0.450 e. The lowest BCUT2D eigenvalue weighted by Crippen LogP contribution is -2.24. The third-order valence-corrected chi connectivity index (χ3v) is 4.12. The van der Waals surface area contributed by atoms with Crippen LogP contribution < -0.4 is 10.6 Å². The maximum absolute atomic E-state index is 12.0. The van der Waals surface area contributed by atoms with E-state index in [-0.39, 0.29) is 25.5 Å². The number of nitrogens with one attached hydrogen (secondary N) is 2. The summed E-state index contributed by atoms with van der Waals surface area (Å²) in [5.41, 5.74) is 1.38. The molecule has 10 heteroatoms. The van der Waals surface area contributed by atoms with Crippen molar-refractivity contribution in [2.24, 2.45) is 0 Å². The van der Waals surface area contributed by atoms with Gasteiger partial charge >= 0.3 is 6.09 Å². The number of nitrogens with zero attached hydrogens (tertiary/aromatic N) is 3. The summed E-state index contributed by atoms with van der Waals surface area (Å²) in [5, 5.41) is 11.2. The average Bonchev–Trinajstić information content (AvgIpc) is 3.30. The molecule has 0 unspecified atom stereocenters. The lowest BCUT2D eigenvalue weighted by molar-refractivity contribution is -0.120. The van der Waals surface area contributed by atoms with Gasteiger partial charge in [-0.2, -0.15) is 4.98 Å². The number of thiazole rings is 1. The van der Waals surface area contributed by atoms with Gasteiger partial charge in [0.1, 0.15) is 0 Å². The highest BCUT2D eigenvalue weighted by Gasteiger charge is 2.12. The molecule has 0 spiro atoms. The molecule has 9 nitrogen and oxygen atoms in total. The van der Waals surface area contributed by atoms with E-state index in [4.69, 9.17) is 9.26 Å². The summed E-state index contributed by atoms with van der Waals surface area (Å²) in [6.45, 7) is 2.11. The number of amides is 2. The van der Waals surface area contributed by atoms with Crippen LogP contribution in [-0.4, -0.2) is 33.7 Å². The highest BCUT2D eigenvalue weighted by Crippen LogP contribution is 2.16. The minimum atomic E-state index is -0.575. The van der Waals surface area contributed by atoms with E-state index in [0.29, 0.717) is 22.5 Å². The first-order chi connectivity index (χ1) is 13.1. The normalized spacial score (nSPS) is 10.4. The molecule has 27 heavy (non-hydrogen) atoms. The molecule has 0 aliphatic rings. The minimum absolute atomic E-state index is 0.0701. The van der Waals surface area contributed by atoms with E-state index in [0.717, 1.165) is 5.56 Å². The van der Waals surface area contributed by atoms with E-state index in [1.807, 2.05) is 30.3 Å². The van der Waals surface area contributed by atoms with Gasteiger partial charge in [-0.3, -0.25) is 10.1 Å². The van der Waals surface area contributed by atoms with Gasteiger partial charge in [0, 0.05) is 10.9 Å². The van der Waals surface area contributed by atoms with Gasteiger partial charge in [0.2, 0.25) is 17.6 Å². The first-order valence-corrected chi connectivity index (χ1v) is 9.05. The Kier molecular flexibility index (Phi) is 6.10. The van der Waals surface area contributed by atoms with E-state index >= 15 is 0 Å². The topological polar surface area (TPSA) is 119 Å². The second-order valence-corrected chi connectivity index (χ2v) is 6.18. The molecule has 2 N–H and O–H groups in total. The van der Waals surface area contributed by atoms with E-state index in [9.17, 15) is 9.59 Å². The SMILES string of the molecule is CCOC(=O)Nc1nc(CC(=O)NCc2nc(-c3ccccc3)no2)cs1. The van der Waals surface area contributed by atoms with Crippen LogP contribution in [0, 0.1) is 0 Å². The predicted octanol–water partition coefficient (Wildman–Crippen LogP) is 2.62. The molecule has 0 aliphatic carbocycles. The van der Waals surface area contributed by atoms with Gasteiger partial charge in [0.25, 0.3) is 0 Å². The molecule has 0 atom stereocenters. The number of hydrogen-bond acceptors (Lipinski definition) is 8. The van der Waals surface area contributed by atoms with Crippen LogP contribution in [-0.2, 0) is 22.5 Å². The Labute approximate surface area is 158 Å². The number of ether oxygens (including phenoxy) is 1. The van der Waals surface area contributed by atoms with E-state index in [2.05, 4.69) is 25.8 Å². The molecular formula is C17H17N5O4S. The molecule has 3 aromatic rings. The second kappa shape index (κ2) is 8.90.